The smallest absolute Gasteiger partial charge is 0.277 e. The van der Waals surface area contributed by atoms with E-state index in [1.807, 2.05) is 0 Å². The van der Waals surface area contributed by atoms with E-state index in [1.54, 1.807) is 0 Å². The SMILES string of the molecule is CC(C)[Si](C(C)C)(N(C)c1ccccc1)N(CC(C)(C)[Si](N(C)c1ccccc1)(N(C)c1ccccc1)C(C)(C)C)c1ccccc1. The van der Waals surface area contributed by atoms with E-state index < -0.39 is 16.8 Å². The maximum Gasteiger partial charge on any atom is 0.277 e. The quantitative estimate of drug-likeness (QED) is 0.132. The second kappa shape index (κ2) is 14.3. The summed E-state index contributed by atoms with van der Waals surface area (Å²) >= 11 is 0. The fourth-order valence-electron chi connectivity index (χ4n) is 9.47. The lowest BCUT2D eigenvalue weighted by Crippen LogP contribution is -2.78. The predicted octanol–water partition coefficient (Wildman–Crippen LogP) is 11.2. The molecule has 0 aromatic heterocycles. The van der Waals surface area contributed by atoms with Crippen molar-refractivity contribution in [3.05, 3.63) is 121 Å². The van der Waals surface area contributed by atoms with E-state index in [0.717, 1.165) is 6.54 Å². The third kappa shape index (κ3) is 6.51. The molecule has 252 valence electrons. The molecule has 0 N–H and O–H groups in total. The van der Waals surface area contributed by atoms with Gasteiger partial charge >= 0.3 is 0 Å². The summed E-state index contributed by atoms with van der Waals surface area (Å²) in [6.45, 7) is 23.4. The molecule has 0 heterocycles. The standard InChI is InChI=1S/C41H60N4Si2/c1-34(2)46(35(3)4,42(10)36-25-17-13-18-26-36)45(39-31-23-16-24-32-39)33-41(8,9)47(40(5,6)7,43(11)37-27-19-14-20-28-37)44(12)38-29-21-15-22-30-38/h13-32,34-35H,33H2,1-12H3. The van der Waals surface area contributed by atoms with Crippen LogP contribution in [0.4, 0.5) is 22.7 Å². The second-order valence-electron chi connectivity index (χ2n) is 15.5. The highest BCUT2D eigenvalue weighted by Gasteiger charge is 2.64. The molecule has 0 atom stereocenters. The van der Waals surface area contributed by atoms with Gasteiger partial charge < -0.3 is 18.3 Å². The zero-order chi connectivity index (χ0) is 34.6. The van der Waals surface area contributed by atoms with Crippen LogP contribution in [0.25, 0.3) is 0 Å². The van der Waals surface area contributed by atoms with E-state index in [2.05, 4.69) is 223 Å². The molecule has 4 aromatic rings. The van der Waals surface area contributed by atoms with Crippen LogP contribution in [0, 0.1) is 0 Å². The Kier molecular flexibility index (Phi) is 11.1. The fraction of sp³-hybridized carbons (Fsp3) is 0.415. The Balaban J connectivity index is 2.06. The molecule has 0 saturated heterocycles. The second-order valence-corrected chi connectivity index (χ2v) is 26.1. The predicted molar refractivity (Wildman–Crippen MR) is 214 cm³/mol. The number of benzene rings is 4. The molecule has 6 heteroatoms. The van der Waals surface area contributed by atoms with E-state index >= 15 is 0 Å². The van der Waals surface area contributed by atoms with Crippen molar-refractivity contribution in [2.75, 3.05) is 45.9 Å². The Hall–Kier alpha value is -3.49. The van der Waals surface area contributed by atoms with Crippen LogP contribution in [0.5, 0.6) is 0 Å². The van der Waals surface area contributed by atoms with Gasteiger partial charge in [-0.3, -0.25) is 0 Å². The van der Waals surface area contributed by atoms with E-state index in [-0.39, 0.29) is 10.1 Å². The lowest BCUT2D eigenvalue weighted by molar-refractivity contribution is 0.559. The number of hydrogen-bond donors (Lipinski definition) is 0. The summed E-state index contributed by atoms with van der Waals surface area (Å²) in [5, 5.41) is -0.185. The molecule has 0 saturated carbocycles. The summed E-state index contributed by atoms with van der Waals surface area (Å²) in [4.78, 5) is 0. The molecular weight excluding hydrogens is 605 g/mol. The molecule has 0 aliphatic carbocycles. The average Bonchev–Trinajstić information content (AvgIpc) is 3.05. The lowest BCUT2D eigenvalue weighted by Gasteiger charge is -2.64. The Morgan fingerprint density at radius 2 is 0.766 bits per heavy atom. The molecule has 0 unspecified atom stereocenters. The van der Waals surface area contributed by atoms with Gasteiger partial charge in [-0.05, 0) is 85.8 Å². The van der Waals surface area contributed by atoms with Crippen molar-refractivity contribution in [1.29, 1.82) is 0 Å². The first-order chi connectivity index (χ1) is 22.1. The van der Waals surface area contributed by atoms with E-state index in [4.69, 9.17) is 0 Å². The molecular formula is C41H60N4Si2. The third-order valence-corrected chi connectivity index (χ3v) is 23.3. The normalized spacial score (nSPS) is 12.7. The summed E-state index contributed by atoms with van der Waals surface area (Å²) in [6, 6.07) is 44.6. The maximum absolute atomic E-state index is 2.92. The van der Waals surface area contributed by atoms with Gasteiger partial charge in [-0.2, -0.15) is 0 Å². The van der Waals surface area contributed by atoms with Crippen LogP contribution in [0.15, 0.2) is 121 Å². The van der Waals surface area contributed by atoms with Crippen molar-refractivity contribution in [1.82, 2.24) is 0 Å². The van der Waals surface area contributed by atoms with E-state index in [1.165, 1.54) is 22.7 Å². The van der Waals surface area contributed by atoms with E-state index in [9.17, 15) is 0 Å². The highest BCUT2D eigenvalue weighted by Crippen LogP contribution is 2.57. The van der Waals surface area contributed by atoms with Crippen molar-refractivity contribution in [3.63, 3.8) is 0 Å². The van der Waals surface area contributed by atoms with Crippen LogP contribution in [0.1, 0.15) is 62.3 Å². The van der Waals surface area contributed by atoms with Gasteiger partial charge in [0.2, 0.25) is 0 Å². The Morgan fingerprint density at radius 1 is 0.468 bits per heavy atom. The Bertz CT molecular complexity index is 1470. The molecule has 4 rings (SSSR count). The van der Waals surface area contributed by atoms with Gasteiger partial charge in [0.1, 0.15) is 0 Å². The third-order valence-electron chi connectivity index (χ3n) is 10.7. The number of para-hydroxylation sites is 4. The molecule has 0 aliphatic rings. The van der Waals surface area contributed by atoms with Crippen molar-refractivity contribution in [2.24, 2.45) is 0 Å². The highest BCUT2D eigenvalue weighted by atomic mass is 28.4. The van der Waals surface area contributed by atoms with Gasteiger partial charge in [0.25, 0.3) is 16.8 Å². The zero-order valence-corrected chi connectivity index (χ0v) is 33.2. The van der Waals surface area contributed by atoms with Gasteiger partial charge in [0, 0.05) is 34.3 Å². The number of nitrogens with zero attached hydrogens (tertiary/aromatic N) is 4. The molecule has 0 bridgehead atoms. The number of hydrogen-bond acceptors (Lipinski definition) is 4. The van der Waals surface area contributed by atoms with Crippen molar-refractivity contribution >= 4 is 39.5 Å². The minimum absolute atomic E-state index is 0.0424. The number of rotatable bonds is 13. The summed E-state index contributed by atoms with van der Waals surface area (Å²) in [5.74, 6) is 0. The first kappa shape index (κ1) is 36.4. The maximum atomic E-state index is 2.92. The molecule has 0 fully saturated rings. The monoisotopic (exact) mass is 664 g/mol. The number of anilines is 4. The summed E-state index contributed by atoms with van der Waals surface area (Å²) in [7, 11) is 1.87. The van der Waals surface area contributed by atoms with Crippen molar-refractivity contribution in [2.45, 2.75) is 83.5 Å². The molecule has 0 aliphatic heterocycles. The van der Waals surface area contributed by atoms with Crippen molar-refractivity contribution < 1.29 is 0 Å². The molecule has 4 nitrogen and oxygen atoms in total. The van der Waals surface area contributed by atoms with Crippen LogP contribution in [0.3, 0.4) is 0 Å². The lowest BCUT2D eigenvalue weighted by atomic mass is 10.2. The zero-order valence-electron chi connectivity index (χ0n) is 31.2. The molecule has 0 radical (unpaired) electrons. The van der Waals surface area contributed by atoms with Gasteiger partial charge in [0.05, 0.1) is 0 Å². The molecule has 4 aromatic carbocycles. The van der Waals surface area contributed by atoms with Crippen LogP contribution < -0.4 is 18.3 Å². The largest absolute Gasteiger partial charge is 0.383 e. The van der Waals surface area contributed by atoms with Gasteiger partial charge in [-0.25, -0.2) is 0 Å². The first-order valence-electron chi connectivity index (χ1n) is 17.3. The molecule has 0 amide bonds. The van der Waals surface area contributed by atoms with Crippen molar-refractivity contribution in [3.8, 4) is 0 Å². The van der Waals surface area contributed by atoms with Crippen LogP contribution in [0.2, 0.25) is 21.2 Å². The van der Waals surface area contributed by atoms with Crippen LogP contribution >= 0.6 is 0 Å². The molecule has 47 heavy (non-hydrogen) atoms. The van der Waals surface area contributed by atoms with Crippen LogP contribution in [-0.4, -0.2) is 44.5 Å². The summed E-state index contributed by atoms with van der Waals surface area (Å²) < 4.78 is 11.0. The average molecular weight is 665 g/mol. The first-order valence-corrected chi connectivity index (χ1v) is 21.3. The summed E-state index contributed by atoms with van der Waals surface area (Å²) in [5.41, 5.74) is 6.06. The van der Waals surface area contributed by atoms with Gasteiger partial charge in [-0.1, -0.05) is 135 Å². The fourth-order valence-corrected chi connectivity index (χ4v) is 23.6. The minimum atomic E-state index is -2.74. The molecule has 0 spiro atoms. The summed E-state index contributed by atoms with van der Waals surface area (Å²) in [6.07, 6.45) is 0. The topological polar surface area (TPSA) is 13.0 Å². The van der Waals surface area contributed by atoms with Gasteiger partial charge in [0.15, 0.2) is 0 Å². The van der Waals surface area contributed by atoms with Gasteiger partial charge in [-0.15, -0.1) is 0 Å². The van der Waals surface area contributed by atoms with Crippen LogP contribution in [-0.2, 0) is 0 Å². The Morgan fingerprint density at radius 3 is 1.06 bits per heavy atom. The highest BCUT2D eigenvalue weighted by molar-refractivity contribution is 6.92. The minimum Gasteiger partial charge on any atom is -0.383 e. The van der Waals surface area contributed by atoms with E-state index in [0.29, 0.717) is 11.1 Å². The Labute approximate surface area is 289 Å².